The lowest BCUT2D eigenvalue weighted by Crippen LogP contribution is -2.39. The van der Waals surface area contributed by atoms with Gasteiger partial charge in [0.15, 0.2) is 0 Å². The van der Waals surface area contributed by atoms with E-state index in [2.05, 4.69) is 0 Å². The Hall–Kier alpha value is -0.420. The van der Waals surface area contributed by atoms with Crippen molar-refractivity contribution in [1.29, 1.82) is 0 Å². The van der Waals surface area contributed by atoms with E-state index in [1.807, 2.05) is 13.8 Å². The summed E-state index contributed by atoms with van der Waals surface area (Å²) in [7, 11) is -3.07. The highest BCUT2D eigenvalue weighted by Crippen LogP contribution is 2.23. The molecule has 1 fully saturated rings. The van der Waals surface area contributed by atoms with Crippen molar-refractivity contribution in [2.45, 2.75) is 46.0 Å². The Balaban J connectivity index is 2.37. The van der Waals surface area contributed by atoms with E-state index in [4.69, 9.17) is 0 Å². The van der Waals surface area contributed by atoms with Crippen molar-refractivity contribution < 1.29 is 13.2 Å². The number of hydrogen-bond donors (Lipinski definition) is 0. The number of nitrogens with zero attached hydrogens (tertiary/aromatic N) is 1. The van der Waals surface area contributed by atoms with E-state index in [0.717, 1.165) is 19.3 Å². The maximum absolute atomic E-state index is 11.6. The van der Waals surface area contributed by atoms with Crippen molar-refractivity contribution in [3.8, 4) is 0 Å². The van der Waals surface area contributed by atoms with Gasteiger partial charge in [-0.1, -0.05) is 13.8 Å². The molecule has 0 radical (unpaired) electrons. The van der Waals surface area contributed by atoms with Crippen LogP contribution in [0.4, 0.5) is 0 Å². The second-order valence-electron chi connectivity index (χ2n) is 5.80. The minimum absolute atomic E-state index is 0.307. The molecule has 5 heteroatoms. The molecule has 1 unspecified atom stereocenters. The van der Waals surface area contributed by atoms with Crippen LogP contribution in [0.5, 0.6) is 0 Å². The number of carbonyl (C=O) groups excluding carboxylic acids is 1. The van der Waals surface area contributed by atoms with Crippen LogP contribution in [0.2, 0.25) is 0 Å². The van der Waals surface area contributed by atoms with Crippen LogP contribution in [0.3, 0.4) is 0 Å². The molecule has 0 aromatic rings. The van der Waals surface area contributed by atoms with E-state index in [9.17, 15) is 13.2 Å². The largest absolute Gasteiger partial charge is 0.300 e. The fourth-order valence-corrected chi connectivity index (χ4v) is 3.43. The molecule has 0 saturated carbocycles. The van der Waals surface area contributed by atoms with Crippen LogP contribution in [0.15, 0.2) is 0 Å². The summed E-state index contributed by atoms with van der Waals surface area (Å²) in [6, 6.07) is 0. The van der Waals surface area contributed by atoms with Crippen molar-refractivity contribution in [3.05, 3.63) is 0 Å². The van der Waals surface area contributed by atoms with Crippen molar-refractivity contribution in [2.24, 2.45) is 11.8 Å². The van der Waals surface area contributed by atoms with Crippen molar-refractivity contribution in [2.75, 3.05) is 19.3 Å². The van der Waals surface area contributed by atoms with Gasteiger partial charge in [0.1, 0.15) is 5.78 Å². The first-order valence-corrected chi connectivity index (χ1v) is 8.60. The third-order valence-electron chi connectivity index (χ3n) is 3.42. The molecule has 0 spiro atoms. The first-order valence-electron chi connectivity index (χ1n) is 6.76. The summed E-state index contributed by atoms with van der Waals surface area (Å²) in [5.41, 5.74) is 0. The van der Waals surface area contributed by atoms with Gasteiger partial charge in [0.2, 0.25) is 10.0 Å². The topological polar surface area (TPSA) is 54.5 Å². The van der Waals surface area contributed by atoms with Crippen LogP contribution >= 0.6 is 0 Å². The quantitative estimate of drug-likeness (QED) is 0.745. The molecule has 18 heavy (non-hydrogen) atoms. The molecule has 0 aliphatic carbocycles. The van der Waals surface area contributed by atoms with Gasteiger partial charge >= 0.3 is 0 Å². The smallest absolute Gasteiger partial charge is 0.211 e. The molecule has 1 saturated heterocycles. The molecule has 0 amide bonds. The lowest BCUT2D eigenvalue weighted by atomic mass is 9.92. The number of ketones is 1. The molecule has 0 N–H and O–H groups in total. The van der Waals surface area contributed by atoms with Crippen LogP contribution in [0.25, 0.3) is 0 Å². The van der Waals surface area contributed by atoms with Gasteiger partial charge in [-0.15, -0.1) is 0 Å². The van der Waals surface area contributed by atoms with Gasteiger partial charge < -0.3 is 0 Å². The van der Waals surface area contributed by atoms with Gasteiger partial charge in [0.25, 0.3) is 0 Å². The predicted octanol–water partition coefficient (Wildman–Crippen LogP) is 2.05. The number of rotatable bonds is 6. The molecule has 1 aliphatic heterocycles. The number of sulfonamides is 1. The Labute approximate surface area is 111 Å². The van der Waals surface area contributed by atoms with Gasteiger partial charge in [-0.25, -0.2) is 12.7 Å². The fraction of sp³-hybridized carbons (Fsp3) is 0.923. The second kappa shape index (κ2) is 6.66. The fourth-order valence-electron chi connectivity index (χ4n) is 2.49. The zero-order chi connectivity index (χ0) is 13.8. The van der Waals surface area contributed by atoms with Gasteiger partial charge in [-0.3, -0.25) is 4.79 Å². The maximum atomic E-state index is 11.6. The second-order valence-corrected chi connectivity index (χ2v) is 7.79. The van der Waals surface area contributed by atoms with Crippen LogP contribution in [-0.2, 0) is 14.8 Å². The van der Waals surface area contributed by atoms with Gasteiger partial charge in [0.05, 0.1) is 6.26 Å². The summed E-state index contributed by atoms with van der Waals surface area (Å²) >= 11 is 0. The van der Waals surface area contributed by atoms with E-state index in [1.165, 1.54) is 6.26 Å². The lowest BCUT2D eigenvalue weighted by molar-refractivity contribution is -0.120. The van der Waals surface area contributed by atoms with E-state index in [0.29, 0.717) is 43.6 Å². The molecule has 1 rings (SSSR count). The molecule has 1 atom stereocenters. The van der Waals surface area contributed by atoms with E-state index >= 15 is 0 Å². The van der Waals surface area contributed by atoms with Crippen molar-refractivity contribution in [3.63, 3.8) is 0 Å². The molecular formula is C13H25NO3S. The molecule has 0 bridgehead atoms. The molecule has 4 nitrogen and oxygen atoms in total. The van der Waals surface area contributed by atoms with Crippen LogP contribution in [0, 0.1) is 11.8 Å². The zero-order valence-electron chi connectivity index (χ0n) is 11.7. The van der Waals surface area contributed by atoms with Crippen LogP contribution in [0.1, 0.15) is 46.0 Å². The molecule has 1 aliphatic rings. The first kappa shape index (κ1) is 15.6. The summed E-state index contributed by atoms with van der Waals surface area (Å²) < 4.78 is 24.5. The monoisotopic (exact) mass is 275 g/mol. The average molecular weight is 275 g/mol. The summed E-state index contributed by atoms with van der Waals surface area (Å²) in [4.78, 5) is 11.6. The molecular weight excluding hydrogens is 250 g/mol. The standard InChI is InChI=1S/C13H25NO3S/c1-11(2)9-13(15)7-6-12-5-4-8-14(10-12)18(3,16)17/h11-12H,4-10H2,1-3H3. The Bertz CT molecular complexity index is 376. The van der Waals surface area contributed by atoms with Gasteiger partial charge in [-0.05, 0) is 31.1 Å². The van der Waals surface area contributed by atoms with Gasteiger partial charge in [0, 0.05) is 25.9 Å². The highest BCUT2D eigenvalue weighted by Gasteiger charge is 2.25. The third-order valence-corrected chi connectivity index (χ3v) is 4.69. The van der Waals surface area contributed by atoms with E-state index in [1.54, 1.807) is 4.31 Å². The number of Topliss-reactive ketones (excluding diaryl/α,β-unsaturated/α-hetero) is 1. The summed E-state index contributed by atoms with van der Waals surface area (Å²) in [6.45, 7) is 5.32. The Morgan fingerprint density at radius 1 is 1.39 bits per heavy atom. The SMILES string of the molecule is CC(C)CC(=O)CCC1CCCN(S(C)(=O)=O)C1. The molecule has 1 heterocycles. The summed E-state index contributed by atoms with van der Waals surface area (Å²) in [5, 5.41) is 0. The van der Waals surface area contributed by atoms with Crippen LogP contribution < -0.4 is 0 Å². The number of hydrogen-bond acceptors (Lipinski definition) is 3. The number of piperidine rings is 1. The normalized spacial score (nSPS) is 22.3. The predicted molar refractivity (Wildman–Crippen MR) is 72.8 cm³/mol. The highest BCUT2D eigenvalue weighted by molar-refractivity contribution is 7.88. The summed E-state index contributed by atoms with van der Waals surface area (Å²) in [5.74, 6) is 1.07. The number of carbonyl (C=O) groups is 1. The molecule has 0 aromatic carbocycles. The minimum Gasteiger partial charge on any atom is -0.300 e. The molecule has 106 valence electrons. The van der Waals surface area contributed by atoms with Crippen molar-refractivity contribution >= 4 is 15.8 Å². The molecule has 0 aromatic heterocycles. The summed E-state index contributed by atoms with van der Waals surface area (Å²) in [6.07, 6.45) is 5.29. The third kappa shape index (κ3) is 5.48. The maximum Gasteiger partial charge on any atom is 0.211 e. The Kier molecular flexibility index (Phi) is 5.79. The highest BCUT2D eigenvalue weighted by atomic mass is 32.2. The first-order chi connectivity index (χ1) is 8.29. The Morgan fingerprint density at radius 2 is 2.06 bits per heavy atom. The van der Waals surface area contributed by atoms with Gasteiger partial charge in [-0.2, -0.15) is 0 Å². The van der Waals surface area contributed by atoms with E-state index in [-0.39, 0.29) is 0 Å². The van der Waals surface area contributed by atoms with E-state index < -0.39 is 10.0 Å². The van der Waals surface area contributed by atoms with Crippen molar-refractivity contribution in [1.82, 2.24) is 4.31 Å². The zero-order valence-corrected chi connectivity index (χ0v) is 12.5. The van der Waals surface area contributed by atoms with Crippen LogP contribution in [-0.4, -0.2) is 37.9 Å². The lowest BCUT2D eigenvalue weighted by Gasteiger charge is -2.30. The average Bonchev–Trinajstić information content (AvgIpc) is 2.25. The minimum atomic E-state index is -3.07. The Morgan fingerprint density at radius 3 is 2.61 bits per heavy atom.